The van der Waals surface area contributed by atoms with Gasteiger partial charge in [-0.15, -0.1) is 0 Å². The van der Waals surface area contributed by atoms with E-state index in [9.17, 15) is 0 Å². The van der Waals surface area contributed by atoms with Gasteiger partial charge in [-0.3, -0.25) is 0 Å². The van der Waals surface area contributed by atoms with Crippen LogP contribution in [0.1, 0.15) is 12.0 Å². The Bertz CT molecular complexity index is 455. The molecular weight excluding hydrogens is 172 g/mol. The van der Waals surface area contributed by atoms with Crippen molar-refractivity contribution >= 4 is 12.2 Å². The fraction of sp³-hybridized carbons (Fsp3) is 0.500. The molecule has 0 bridgehead atoms. The molecule has 0 aromatic carbocycles. The van der Waals surface area contributed by atoms with Crippen molar-refractivity contribution in [3.05, 3.63) is 22.3 Å². The lowest BCUT2D eigenvalue weighted by Gasteiger charge is -1.98. The highest BCUT2D eigenvalue weighted by Gasteiger charge is 2.34. The minimum absolute atomic E-state index is 0.846. The van der Waals surface area contributed by atoms with Crippen LogP contribution >= 0.6 is 0 Å². The molecule has 1 aromatic heterocycles. The minimum Gasteiger partial charge on any atom is -0.361 e. The molecule has 14 heavy (non-hydrogen) atoms. The van der Waals surface area contributed by atoms with Crippen LogP contribution in [0.3, 0.4) is 0 Å². The molecular formula is C12H16N2. The molecule has 2 aliphatic rings. The first kappa shape index (κ1) is 8.30. The molecule has 0 amide bonds. The summed E-state index contributed by atoms with van der Waals surface area (Å²) >= 11 is 0. The molecule has 2 heteroatoms. The van der Waals surface area contributed by atoms with Crippen LogP contribution in [0.4, 0.5) is 0 Å². The van der Waals surface area contributed by atoms with E-state index >= 15 is 0 Å². The second-order valence-electron chi connectivity index (χ2n) is 4.39. The number of hydrogen-bond donors (Lipinski definition) is 2. The van der Waals surface area contributed by atoms with E-state index in [0.717, 1.165) is 24.8 Å². The smallest absolute Gasteiger partial charge is 0.0416 e. The van der Waals surface area contributed by atoms with Gasteiger partial charge in [-0.2, -0.15) is 0 Å². The number of nitrogens with one attached hydrogen (secondary N) is 2. The van der Waals surface area contributed by atoms with E-state index in [1.807, 2.05) is 7.05 Å². The van der Waals surface area contributed by atoms with Gasteiger partial charge in [0.25, 0.3) is 0 Å². The Morgan fingerprint density at radius 1 is 1.43 bits per heavy atom. The number of fused-ring (bicyclic) bond motifs is 2. The molecule has 1 fully saturated rings. The summed E-state index contributed by atoms with van der Waals surface area (Å²) in [6.45, 7) is 1.06. The summed E-state index contributed by atoms with van der Waals surface area (Å²) in [6, 6.07) is 0. The summed E-state index contributed by atoms with van der Waals surface area (Å²) in [6.07, 6.45) is 9.53. The summed E-state index contributed by atoms with van der Waals surface area (Å²) in [5.41, 5.74) is 1.47. The minimum atomic E-state index is 0.846. The maximum Gasteiger partial charge on any atom is 0.0416 e. The summed E-state index contributed by atoms with van der Waals surface area (Å²) in [4.78, 5) is 3.38. The van der Waals surface area contributed by atoms with E-state index in [-0.39, 0.29) is 0 Å². The lowest BCUT2D eigenvalue weighted by molar-refractivity contribution is 0.789. The molecule has 0 saturated heterocycles. The van der Waals surface area contributed by atoms with Gasteiger partial charge in [0, 0.05) is 11.5 Å². The summed E-state index contributed by atoms with van der Waals surface area (Å²) < 4.78 is 0. The van der Waals surface area contributed by atoms with E-state index in [0.29, 0.717) is 0 Å². The van der Waals surface area contributed by atoms with Gasteiger partial charge in [0.15, 0.2) is 0 Å². The molecule has 3 rings (SSSR count). The molecule has 2 N–H and O–H groups in total. The number of aromatic nitrogens is 1. The first-order valence-corrected chi connectivity index (χ1v) is 5.43. The molecule has 0 radical (unpaired) electrons. The molecule has 1 saturated carbocycles. The van der Waals surface area contributed by atoms with Gasteiger partial charge in [0.1, 0.15) is 0 Å². The van der Waals surface area contributed by atoms with Crippen LogP contribution in [0.15, 0.2) is 6.20 Å². The number of hydrogen-bond acceptors (Lipinski definition) is 1. The van der Waals surface area contributed by atoms with E-state index in [2.05, 4.69) is 28.6 Å². The average molecular weight is 188 g/mol. The maximum atomic E-state index is 3.38. The zero-order valence-electron chi connectivity index (χ0n) is 8.51. The van der Waals surface area contributed by atoms with Crippen molar-refractivity contribution in [3.8, 4) is 0 Å². The zero-order valence-corrected chi connectivity index (χ0v) is 8.51. The SMILES string of the molecule is CNCCc1c[nH]c2c1=CC1CC1C=2. The first-order chi connectivity index (χ1) is 6.88. The van der Waals surface area contributed by atoms with Crippen LogP contribution in [-0.2, 0) is 6.42 Å². The van der Waals surface area contributed by atoms with Gasteiger partial charge >= 0.3 is 0 Å². The van der Waals surface area contributed by atoms with Crippen LogP contribution in [0.5, 0.6) is 0 Å². The Labute approximate surface area is 83.7 Å². The van der Waals surface area contributed by atoms with Crippen molar-refractivity contribution in [3.63, 3.8) is 0 Å². The molecule has 2 atom stereocenters. The number of likely N-dealkylation sites (N-methyl/N-ethyl adjacent to an activating group) is 1. The molecule has 1 heterocycles. The van der Waals surface area contributed by atoms with Crippen molar-refractivity contribution in [2.24, 2.45) is 11.8 Å². The van der Waals surface area contributed by atoms with E-state index < -0.39 is 0 Å². The molecule has 0 spiro atoms. The Balaban J connectivity index is 2.00. The van der Waals surface area contributed by atoms with Crippen LogP contribution < -0.4 is 15.9 Å². The van der Waals surface area contributed by atoms with Gasteiger partial charge in [-0.05, 0) is 49.1 Å². The Morgan fingerprint density at radius 2 is 2.29 bits per heavy atom. The van der Waals surface area contributed by atoms with Gasteiger partial charge in [0.2, 0.25) is 0 Å². The normalized spacial score (nSPS) is 27.2. The van der Waals surface area contributed by atoms with E-state index in [4.69, 9.17) is 0 Å². The molecule has 1 aromatic rings. The highest BCUT2D eigenvalue weighted by atomic mass is 14.8. The second kappa shape index (κ2) is 2.99. The molecule has 0 aliphatic heterocycles. The third-order valence-electron chi connectivity index (χ3n) is 3.33. The van der Waals surface area contributed by atoms with Crippen molar-refractivity contribution in [2.75, 3.05) is 13.6 Å². The maximum absolute atomic E-state index is 3.38. The Hall–Kier alpha value is -1.02. The van der Waals surface area contributed by atoms with Crippen molar-refractivity contribution in [1.29, 1.82) is 0 Å². The van der Waals surface area contributed by atoms with Gasteiger partial charge in [-0.1, -0.05) is 12.2 Å². The number of H-pyrrole nitrogens is 1. The molecule has 2 unspecified atom stereocenters. The fourth-order valence-corrected chi connectivity index (χ4v) is 2.34. The second-order valence-corrected chi connectivity index (χ2v) is 4.39. The standard InChI is InChI=1S/C12H16N2/c1-13-3-2-8-7-14-12-6-10-4-9(10)5-11(8)12/h5-7,9-10,13-14H,2-4H2,1H3. The van der Waals surface area contributed by atoms with Crippen molar-refractivity contribution < 1.29 is 0 Å². The number of aromatic amines is 1. The highest BCUT2D eigenvalue weighted by Crippen LogP contribution is 2.41. The monoisotopic (exact) mass is 188 g/mol. The average Bonchev–Trinajstić information content (AvgIpc) is 2.85. The number of rotatable bonds is 3. The first-order valence-electron chi connectivity index (χ1n) is 5.43. The lowest BCUT2D eigenvalue weighted by atomic mass is 10.1. The quantitative estimate of drug-likeness (QED) is 0.686. The third kappa shape index (κ3) is 1.22. The van der Waals surface area contributed by atoms with E-state index in [1.165, 1.54) is 22.6 Å². The summed E-state index contributed by atoms with van der Waals surface area (Å²) in [7, 11) is 2.01. The van der Waals surface area contributed by atoms with Crippen LogP contribution in [0.2, 0.25) is 0 Å². The third-order valence-corrected chi connectivity index (χ3v) is 3.33. The molecule has 2 aliphatic carbocycles. The van der Waals surface area contributed by atoms with Crippen molar-refractivity contribution in [1.82, 2.24) is 10.3 Å². The Morgan fingerprint density at radius 3 is 3.14 bits per heavy atom. The van der Waals surface area contributed by atoms with Gasteiger partial charge < -0.3 is 10.3 Å². The zero-order chi connectivity index (χ0) is 9.54. The fourth-order valence-electron chi connectivity index (χ4n) is 2.34. The molecule has 2 nitrogen and oxygen atoms in total. The van der Waals surface area contributed by atoms with Gasteiger partial charge in [0.05, 0.1) is 0 Å². The summed E-state index contributed by atoms with van der Waals surface area (Å²) in [5, 5.41) is 6.02. The van der Waals surface area contributed by atoms with Crippen molar-refractivity contribution in [2.45, 2.75) is 12.8 Å². The van der Waals surface area contributed by atoms with Gasteiger partial charge in [-0.25, -0.2) is 0 Å². The highest BCUT2D eigenvalue weighted by molar-refractivity contribution is 5.49. The predicted molar refractivity (Wildman–Crippen MR) is 58.2 cm³/mol. The van der Waals surface area contributed by atoms with Crippen LogP contribution in [0, 0.1) is 11.8 Å². The van der Waals surface area contributed by atoms with Crippen LogP contribution in [0.25, 0.3) is 12.2 Å². The summed E-state index contributed by atoms with van der Waals surface area (Å²) in [5.74, 6) is 1.70. The lowest BCUT2D eigenvalue weighted by Crippen LogP contribution is -2.28. The largest absolute Gasteiger partial charge is 0.361 e. The predicted octanol–water partition coefficient (Wildman–Crippen LogP) is -0.0127. The topological polar surface area (TPSA) is 27.8 Å². The molecule has 74 valence electrons. The Kier molecular flexibility index (Phi) is 1.77. The van der Waals surface area contributed by atoms with Crippen LogP contribution in [-0.4, -0.2) is 18.6 Å². The van der Waals surface area contributed by atoms with E-state index in [1.54, 1.807) is 0 Å².